The first-order valence-corrected chi connectivity index (χ1v) is 8.48. The predicted molar refractivity (Wildman–Crippen MR) is 109 cm³/mol. The average molecular weight is 338 g/mol. The topological polar surface area (TPSA) is 37.9 Å². The molecule has 0 aliphatic carbocycles. The van der Waals surface area contributed by atoms with Crippen LogP contribution >= 0.6 is 0 Å². The molecule has 0 atom stereocenters. The van der Waals surface area contributed by atoms with Crippen LogP contribution in [0, 0.1) is 5.41 Å². The van der Waals surface area contributed by atoms with Gasteiger partial charge in [-0.25, -0.2) is 4.98 Å². The molecule has 2 aromatic rings. The van der Waals surface area contributed by atoms with E-state index in [1.807, 2.05) is 67.8 Å². The standard InChI is InChI=1S/C15H16N2O.C7H14/c1-3-4-13-11-16-15(17-13)10-7-12-5-8-14(18-2)9-6-12;1-5-6-7(2,3)4/h3-11H,1-2H3,(H,16,17);5H,1,6H2,2-4H3/b4-3+,10-7+;. The number of hydrogen-bond donors (Lipinski definition) is 1. The van der Waals surface area contributed by atoms with Crippen LogP contribution < -0.4 is 4.74 Å². The fourth-order valence-electron chi connectivity index (χ4n) is 2.02. The Kier molecular flexibility index (Phi) is 8.48. The number of aromatic amines is 1. The number of methoxy groups -OCH3 is 1. The van der Waals surface area contributed by atoms with Crippen molar-refractivity contribution in [1.29, 1.82) is 0 Å². The molecule has 0 unspecified atom stereocenters. The fraction of sp³-hybridized carbons (Fsp3) is 0.318. The molecule has 3 nitrogen and oxygen atoms in total. The number of hydrogen-bond acceptors (Lipinski definition) is 2. The molecule has 0 fully saturated rings. The van der Waals surface area contributed by atoms with Crippen LogP contribution in [-0.4, -0.2) is 17.1 Å². The summed E-state index contributed by atoms with van der Waals surface area (Å²) in [5, 5.41) is 0. The summed E-state index contributed by atoms with van der Waals surface area (Å²) in [7, 11) is 1.66. The number of rotatable bonds is 5. The summed E-state index contributed by atoms with van der Waals surface area (Å²) >= 11 is 0. The van der Waals surface area contributed by atoms with Crippen molar-refractivity contribution in [2.75, 3.05) is 7.11 Å². The lowest BCUT2D eigenvalue weighted by Crippen LogP contribution is -2.01. The van der Waals surface area contributed by atoms with Gasteiger partial charge in [-0.1, -0.05) is 51.1 Å². The van der Waals surface area contributed by atoms with Gasteiger partial charge in [0.15, 0.2) is 0 Å². The number of benzene rings is 1. The number of nitrogens with zero attached hydrogens (tertiary/aromatic N) is 1. The van der Waals surface area contributed by atoms with E-state index in [2.05, 4.69) is 37.3 Å². The molecule has 0 aliphatic rings. The molecule has 1 heterocycles. The molecule has 0 spiro atoms. The van der Waals surface area contributed by atoms with Crippen molar-refractivity contribution in [2.24, 2.45) is 5.41 Å². The summed E-state index contributed by atoms with van der Waals surface area (Å²) in [4.78, 5) is 7.46. The van der Waals surface area contributed by atoms with Crippen LogP contribution in [0.2, 0.25) is 0 Å². The minimum absolute atomic E-state index is 0.432. The lowest BCUT2D eigenvalue weighted by Gasteiger charge is -2.13. The lowest BCUT2D eigenvalue weighted by molar-refractivity contribution is 0.415. The van der Waals surface area contributed by atoms with Crippen LogP contribution in [0.4, 0.5) is 0 Å². The van der Waals surface area contributed by atoms with Crippen LogP contribution in [0.5, 0.6) is 5.75 Å². The van der Waals surface area contributed by atoms with Crippen molar-refractivity contribution in [3.8, 4) is 5.75 Å². The second kappa shape index (κ2) is 10.3. The highest BCUT2D eigenvalue weighted by Gasteiger charge is 2.04. The molecule has 1 aromatic carbocycles. The molecule has 25 heavy (non-hydrogen) atoms. The Hall–Kier alpha value is -2.55. The predicted octanol–water partition coefficient (Wildman–Crippen LogP) is 6.23. The van der Waals surface area contributed by atoms with Crippen molar-refractivity contribution >= 4 is 18.2 Å². The molecular formula is C22H30N2O. The summed E-state index contributed by atoms with van der Waals surface area (Å²) in [5.41, 5.74) is 2.55. The molecule has 0 saturated carbocycles. The third-order valence-corrected chi connectivity index (χ3v) is 3.27. The molecule has 1 N–H and O–H groups in total. The maximum absolute atomic E-state index is 5.11. The van der Waals surface area contributed by atoms with E-state index in [0.717, 1.165) is 29.3 Å². The molecule has 0 saturated heterocycles. The van der Waals surface area contributed by atoms with Crippen molar-refractivity contribution in [1.82, 2.24) is 9.97 Å². The largest absolute Gasteiger partial charge is 0.497 e. The van der Waals surface area contributed by atoms with Crippen LogP contribution in [0.25, 0.3) is 18.2 Å². The van der Waals surface area contributed by atoms with E-state index in [-0.39, 0.29) is 0 Å². The summed E-state index contributed by atoms with van der Waals surface area (Å²) in [6.45, 7) is 12.2. The van der Waals surface area contributed by atoms with E-state index in [0.29, 0.717) is 5.41 Å². The molecule has 0 radical (unpaired) electrons. The van der Waals surface area contributed by atoms with Gasteiger partial charge in [-0.05, 0) is 48.6 Å². The maximum atomic E-state index is 5.11. The summed E-state index contributed by atoms with van der Waals surface area (Å²) in [5.74, 6) is 1.71. The van der Waals surface area contributed by atoms with Gasteiger partial charge in [0.25, 0.3) is 0 Å². The Balaban J connectivity index is 0.000000381. The first-order chi connectivity index (χ1) is 11.9. The lowest BCUT2D eigenvalue weighted by atomic mass is 9.93. The van der Waals surface area contributed by atoms with E-state index < -0.39 is 0 Å². The summed E-state index contributed by atoms with van der Waals surface area (Å²) < 4.78 is 5.11. The minimum Gasteiger partial charge on any atom is -0.497 e. The number of aromatic nitrogens is 2. The van der Waals surface area contributed by atoms with Gasteiger partial charge in [0.05, 0.1) is 19.0 Å². The van der Waals surface area contributed by atoms with Crippen molar-refractivity contribution in [2.45, 2.75) is 34.1 Å². The van der Waals surface area contributed by atoms with Gasteiger partial charge in [-0.3, -0.25) is 0 Å². The molecule has 1 aromatic heterocycles. The Morgan fingerprint density at radius 3 is 2.28 bits per heavy atom. The maximum Gasteiger partial charge on any atom is 0.130 e. The first kappa shape index (κ1) is 20.5. The highest BCUT2D eigenvalue weighted by molar-refractivity contribution is 5.67. The molecule has 0 bridgehead atoms. The van der Waals surface area contributed by atoms with Crippen LogP contribution in [0.3, 0.4) is 0 Å². The van der Waals surface area contributed by atoms with E-state index in [1.165, 1.54) is 0 Å². The molecule has 2 rings (SSSR count). The molecular weight excluding hydrogens is 308 g/mol. The normalized spacial score (nSPS) is 11.4. The second-order valence-electron chi connectivity index (χ2n) is 6.88. The Morgan fingerprint density at radius 2 is 1.80 bits per heavy atom. The third kappa shape index (κ3) is 8.75. The molecule has 0 amide bonds. The van der Waals surface area contributed by atoms with Crippen LogP contribution in [0.15, 0.2) is 49.2 Å². The van der Waals surface area contributed by atoms with Gasteiger partial charge in [-0.15, -0.1) is 6.58 Å². The van der Waals surface area contributed by atoms with Crippen molar-refractivity contribution in [3.05, 3.63) is 66.3 Å². The SMILES string of the molecule is C/C=C/c1cnc(/C=C/c2ccc(OC)cc2)[nH]1.C=CCC(C)(C)C. The Labute approximate surface area is 152 Å². The highest BCUT2D eigenvalue weighted by Crippen LogP contribution is 2.17. The van der Waals surface area contributed by atoms with Gasteiger partial charge in [0, 0.05) is 0 Å². The Bertz CT molecular complexity index is 686. The number of allylic oxidation sites excluding steroid dienone is 2. The van der Waals surface area contributed by atoms with E-state index in [9.17, 15) is 0 Å². The van der Waals surface area contributed by atoms with Gasteiger partial charge in [0.2, 0.25) is 0 Å². The Morgan fingerprint density at radius 1 is 1.12 bits per heavy atom. The highest BCUT2D eigenvalue weighted by atomic mass is 16.5. The second-order valence-corrected chi connectivity index (χ2v) is 6.88. The number of nitrogens with one attached hydrogen (secondary N) is 1. The monoisotopic (exact) mass is 338 g/mol. The molecule has 3 heteroatoms. The van der Waals surface area contributed by atoms with E-state index in [1.54, 1.807) is 7.11 Å². The van der Waals surface area contributed by atoms with Gasteiger partial charge < -0.3 is 9.72 Å². The van der Waals surface area contributed by atoms with Crippen LogP contribution in [0.1, 0.15) is 51.2 Å². The number of ether oxygens (including phenoxy) is 1. The fourth-order valence-corrected chi connectivity index (χ4v) is 2.02. The number of H-pyrrole nitrogens is 1. The zero-order chi connectivity index (χ0) is 18.7. The molecule has 134 valence electrons. The van der Waals surface area contributed by atoms with Gasteiger partial charge in [0.1, 0.15) is 11.6 Å². The van der Waals surface area contributed by atoms with Gasteiger partial charge in [-0.2, -0.15) is 0 Å². The third-order valence-electron chi connectivity index (χ3n) is 3.27. The number of imidazole rings is 1. The summed E-state index contributed by atoms with van der Waals surface area (Å²) in [6, 6.07) is 7.89. The zero-order valence-electron chi connectivity index (χ0n) is 16.0. The van der Waals surface area contributed by atoms with E-state index in [4.69, 9.17) is 4.74 Å². The average Bonchev–Trinajstić information content (AvgIpc) is 3.01. The van der Waals surface area contributed by atoms with Gasteiger partial charge >= 0.3 is 0 Å². The first-order valence-electron chi connectivity index (χ1n) is 8.48. The van der Waals surface area contributed by atoms with E-state index >= 15 is 0 Å². The summed E-state index contributed by atoms with van der Waals surface area (Å²) in [6.07, 6.45) is 12.8. The molecule has 0 aliphatic heterocycles. The quantitative estimate of drug-likeness (QED) is 0.656. The zero-order valence-corrected chi connectivity index (χ0v) is 16.0. The minimum atomic E-state index is 0.432. The smallest absolute Gasteiger partial charge is 0.130 e. The van der Waals surface area contributed by atoms with Crippen LogP contribution in [-0.2, 0) is 0 Å². The van der Waals surface area contributed by atoms with Crippen molar-refractivity contribution < 1.29 is 4.74 Å². The van der Waals surface area contributed by atoms with Crippen molar-refractivity contribution in [3.63, 3.8) is 0 Å².